The monoisotopic (exact) mass is 954 g/mol. The molecule has 62 heavy (non-hydrogen) atoms. The quantitative estimate of drug-likeness (QED) is 0.0551. The van der Waals surface area contributed by atoms with Gasteiger partial charge in [-0.05, 0) is 91.5 Å². The molecule has 2 aliphatic rings. The Morgan fingerprint density at radius 2 is 0.758 bits per heavy atom. The summed E-state index contributed by atoms with van der Waals surface area (Å²) in [6.45, 7) is 10.1. The lowest BCUT2D eigenvalue weighted by atomic mass is 9.99. The Balaban J connectivity index is 0.000000234. The standard InChI is InChI=1S/2C21H26BF5NOPS/c2*1-21(2,3)31(29)28-20(14-15(23)17(25)19(27)18(26)16(14)24)13-10-7-11-30(13,22)12-8-5-4-6-9-12/h2*4-6,8-9,13,20,28H,7,10-11H2,1-3,22H3/t2*13-,20-,30?,31-/m11/s1. The normalized spacial score (nSPS) is 23.7. The molecule has 8 atom stereocenters. The molecule has 0 amide bonds. The third-order valence-corrected chi connectivity index (χ3v) is 19.6. The summed E-state index contributed by atoms with van der Waals surface area (Å²) in [5.41, 5.74) is -2.42. The molecule has 4 aromatic carbocycles. The zero-order valence-corrected chi connectivity index (χ0v) is 37.1. The Labute approximate surface area is 364 Å². The molecule has 20 heteroatoms. The highest BCUT2D eigenvalue weighted by molar-refractivity contribution is 8.04. The Bertz CT molecular complexity index is 2110. The van der Waals surface area contributed by atoms with Crippen LogP contribution >= 0.6 is 14.3 Å². The van der Waals surface area contributed by atoms with Crippen LogP contribution in [0.2, 0.25) is 0 Å². The van der Waals surface area contributed by atoms with Crippen molar-refractivity contribution in [1.29, 1.82) is 0 Å². The largest absolute Gasteiger partial charge is 0.242 e. The summed E-state index contributed by atoms with van der Waals surface area (Å²) < 4.78 is 173. The van der Waals surface area contributed by atoms with Crippen LogP contribution in [0.25, 0.3) is 0 Å². The van der Waals surface area contributed by atoms with Crippen molar-refractivity contribution < 1.29 is 52.3 Å². The van der Waals surface area contributed by atoms with Gasteiger partial charge >= 0.3 is 0 Å². The first-order chi connectivity index (χ1) is 28.8. The smallest absolute Gasteiger partial charge is 0.200 e. The van der Waals surface area contributed by atoms with Gasteiger partial charge in [0, 0.05) is 22.9 Å². The minimum Gasteiger partial charge on any atom is -0.242 e. The van der Waals surface area contributed by atoms with Gasteiger partial charge in [-0.1, -0.05) is 36.4 Å². The van der Waals surface area contributed by atoms with Gasteiger partial charge in [0.15, 0.2) is 46.5 Å². The van der Waals surface area contributed by atoms with Crippen LogP contribution in [0.1, 0.15) is 90.4 Å². The highest BCUT2D eigenvalue weighted by Gasteiger charge is 2.51. The summed E-state index contributed by atoms with van der Waals surface area (Å²) in [6.07, 6.45) is 4.57. The van der Waals surface area contributed by atoms with Gasteiger partial charge in [-0.2, -0.15) is 0 Å². The molecule has 4 nitrogen and oxygen atoms in total. The lowest BCUT2D eigenvalue weighted by molar-refractivity contribution is 0.359. The van der Waals surface area contributed by atoms with E-state index < -0.39 is 127 Å². The zero-order chi connectivity index (χ0) is 46.3. The van der Waals surface area contributed by atoms with Crippen molar-refractivity contribution in [3.8, 4) is 0 Å². The van der Waals surface area contributed by atoms with Crippen molar-refractivity contribution in [3.05, 3.63) is 130 Å². The van der Waals surface area contributed by atoms with E-state index in [0.29, 0.717) is 12.8 Å². The van der Waals surface area contributed by atoms with Gasteiger partial charge in [-0.15, -0.1) is 14.3 Å². The molecule has 2 N–H and O–H groups in total. The van der Waals surface area contributed by atoms with Crippen LogP contribution in [-0.4, -0.2) is 56.7 Å². The Morgan fingerprint density at radius 3 is 1.02 bits per heavy atom. The number of benzene rings is 4. The topological polar surface area (TPSA) is 58.2 Å². The van der Waals surface area contributed by atoms with Crippen LogP contribution in [0, 0.1) is 58.2 Å². The minimum absolute atomic E-state index is 0.325. The van der Waals surface area contributed by atoms with E-state index in [1.54, 1.807) is 41.5 Å². The first-order valence-electron chi connectivity index (χ1n) is 19.1. The molecule has 340 valence electrons. The lowest BCUT2D eigenvalue weighted by Gasteiger charge is -2.38. The second-order valence-electron chi connectivity index (χ2n) is 16.4. The fourth-order valence-corrected chi connectivity index (χ4v) is 15.4. The Kier molecular flexibility index (Phi) is 15.8. The maximum atomic E-state index is 14.9. The predicted molar refractivity (Wildman–Crippen MR) is 242 cm³/mol. The molecular formula is C42H52B2F10N2O2P2S2. The van der Waals surface area contributed by atoms with E-state index in [2.05, 4.69) is 9.44 Å². The highest BCUT2D eigenvalue weighted by atomic mass is 32.2. The van der Waals surface area contributed by atoms with Crippen molar-refractivity contribution >= 4 is 62.0 Å². The van der Waals surface area contributed by atoms with Gasteiger partial charge < -0.3 is 0 Å². The fourth-order valence-electron chi connectivity index (χ4n) is 7.19. The average Bonchev–Trinajstić information content (AvgIpc) is 3.83. The summed E-state index contributed by atoms with van der Waals surface area (Å²) >= 11 is 0. The molecule has 0 aliphatic carbocycles. The summed E-state index contributed by atoms with van der Waals surface area (Å²) in [4.78, 5) is 0. The molecule has 0 radical (unpaired) electrons. The molecule has 2 aliphatic heterocycles. The van der Waals surface area contributed by atoms with Crippen molar-refractivity contribution in [2.75, 3.05) is 12.3 Å². The van der Waals surface area contributed by atoms with E-state index in [1.165, 1.54) is 0 Å². The number of hydrogen-bond acceptors (Lipinski definition) is 2. The average molecular weight is 955 g/mol. The maximum absolute atomic E-state index is 14.9. The molecule has 6 rings (SSSR count). The first kappa shape index (κ1) is 50.4. The molecule has 2 heterocycles. The van der Waals surface area contributed by atoms with Gasteiger partial charge in [0.2, 0.25) is 11.6 Å². The fraction of sp³-hybridized carbons (Fsp3) is 0.429. The minimum atomic E-state index is -2.18. The Morgan fingerprint density at radius 1 is 0.500 bits per heavy atom. The Hall–Kier alpha value is -2.61. The number of rotatable bonds is 10. The summed E-state index contributed by atoms with van der Waals surface area (Å²) in [5, 5.41) is 2.24. The van der Waals surface area contributed by atoms with Gasteiger partial charge in [-0.3, -0.25) is 0 Å². The third-order valence-electron chi connectivity index (χ3n) is 10.2. The van der Waals surface area contributed by atoms with Crippen LogP contribution < -0.4 is 20.1 Å². The number of nitrogens with one attached hydrogen (secondary N) is 2. The summed E-state index contributed by atoms with van der Waals surface area (Å²) in [5.74, 6) is -19.6. The predicted octanol–water partition coefficient (Wildman–Crippen LogP) is 8.52. The second kappa shape index (κ2) is 19.5. The molecule has 2 fully saturated rings. The second-order valence-corrected chi connectivity index (χ2v) is 25.5. The van der Waals surface area contributed by atoms with E-state index in [0.717, 1.165) is 35.8 Å². The van der Waals surface area contributed by atoms with Gasteiger partial charge in [0.05, 0.1) is 66.0 Å². The highest BCUT2D eigenvalue weighted by Crippen LogP contribution is 2.68. The first-order valence-corrected chi connectivity index (χ1v) is 24.6. The molecule has 0 aromatic heterocycles. The molecule has 2 unspecified atom stereocenters. The van der Waals surface area contributed by atoms with Gasteiger partial charge in [0.25, 0.3) is 0 Å². The molecule has 0 saturated carbocycles. The van der Waals surface area contributed by atoms with Crippen molar-refractivity contribution in [2.45, 2.75) is 100 Å². The van der Waals surface area contributed by atoms with E-state index >= 15 is 0 Å². The van der Waals surface area contributed by atoms with Crippen molar-refractivity contribution in [1.82, 2.24) is 9.44 Å². The van der Waals surface area contributed by atoms with Gasteiger partial charge in [0.1, 0.15) is 15.1 Å². The van der Waals surface area contributed by atoms with Crippen molar-refractivity contribution in [3.63, 3.8) is 0 Å². The molecule has 2 saturated heterocycles. The number of halogens is 10. The van der Waals surface area contributed by atoms with Crippen LogP contribution in [0.4, 0.5) is 43.9 Å². The van der Waals surface area contributed by atoms with Crippen LogP contribution in [0.3, 0.4) is 0 Å². The van der Waals surface area contributed by atoms with Gasteiger partial charge in [-0.25, -0.2) is 61.8 Å². The zero-order valence-electron chi connectivity index (χ0n) is 33.6. The summed E-state index contributed by atoms with van der Waals surface area (Å²) in [6, 6.07) is 16.9. The van der Waals surface area contributed by atoms with Crippen LogP contribution in [0.5, 0.6) is 0 Å². The van der Waals surface area contributed by atoms with Crippen molar-refractivity contribution in [2.24, 2.45) is 0 Å². The third kappa shape index (κ3) is 9.96. The number of hydrogen-bond donors (Lipinski definition) is 2. The summed E-state index contributed by atoms with van der Waals surface area (Å²) in [7, 11) is -7.89. The van der Waals surface area contributed by atoms with E-state index in [-0.39, 0.29) is 26.4 Å². The molecule has 0 spiro atoms. The molecule has 0 bridgehead atoms. The van der Waals surface area contributed by atoms with Crippen LogP contribution in [0.15, 0.2) is 60.7 Å². The maximum Gasteiger partial charge on any atom is 0.200 e. The molecular weight excluding hydrogens is 902 g/mol. The van der Waals surface area contributed by atoms with E-state index in [9.17, 15) is 52.3 Å². The SMILES string of the molecule is [BH3-][P+]1(c2ccccc2)CCC[C@@H]1[C@@H](N[S@](=O)C(C)(C)C)c1c(F)c(F)c(F)c(F)c1F.[BH3-][P+]1(c2ccccc2)CCC[C@@H]1[C@@H](N[S@](=O)C(C)(C)C)c1c(F)c(F)c(F)c(F)c1F. The van der Waals surface area contributed by atoms with E-state index in [4.69, 9.17) is 0 Å². The van der Waals surface area contributed by atoms with Crippen LogP contribution in [-0.2, 0) is 22.0 Å². The molecule has 4 aromatic rings. The van der Waals surface area contributed by atoms with E-state index in [1.807, 2.05) is 60.7 Å². The lowest BCUT2D eigenvalue weighted by Crippen LogP contribution is -2.42.